The summed E-state index contributed by atoms with van der Waals surface area (Å²) in [7, 11) is -1.83. The van der Waals surface area contributed by atoms with Crippen molar-refractivity contribution in [2.45, 2.75) is 32.1 Å². The highest BCUT2D eigenvalue weighted by molar-refractivity contribution is 7.88. The predicted octanol–water partition coefficient (Wildman–Crippen LogP) is 4.50. The lowest BCUT2D eigenvalue weighted by Gasteiger charge is -2.33. The molecule has 1 amide bonds. The number of hydrogen-bond acceptors (Lipinski definition) is 3. The van der Waals surface area contributed by atoms with Crippen LogP contribution in [0.3, 0.4) is 0 Å². The molecular formula is C22H26Cl2N2O3S. The molecule has 0 N–H and O–H groups in total. The summed E-state index contributed by atoms with van der Waals surface area (Å²) in [6.45, 7) is 3.14. The lowest BCUT2D eigenvalue weighted by atomic mass is 9.98. The van der Waals surface area contributed by atoms with Gasteiger partial charge in [0.05, 0.1) is 11.7 Å². The van der Waals surface area contributed by atoms with Crippen molar-refractivity contribution in [1.82, 2.24) is 9.21 Å². The Hall–Kier alpha value is -1.60. The molecule has 0 aliphatic carbocycles. The van der Waals surface area contributed by atoms with Gasteiger partial charge in [0.2, 0.25) is 15.9 Å². The Kier molecular flexibility index (Phi) is 7.45. The molecule has 1 fully saturated rings. The van der Waals surface area contributed by atoms with Crippen molar-refractivity contribution in [2.75, 3.05) is 20.1 Å². The number of hydrogen-bond donors (Lipinski definition) is 0. The molecule has 162 valence electrons. The molecule has 1 saturated heterocycles. The molecule has 0 saturated carbocycles. The van der Waals surface area contributed by atoms with Crippen LogP contribution >= 0.6 is 23.2 Å². The predicted molar refractivity (Wildman–Crippen MR) is 121 cm³/mol. The molecule has 0 aromatic heterocycles. The summed E-state index contributed by atoms with van der Waals surface area (Å²) < 4.78 is 27.3. The SMILES string of the molecule is Cc1ccc(CN(C)C(=O)C2CCCN(S(=O)(=O)Cc3ccc(Cl)cc3Cl)C2)cc1. The van der Waals surface area contributed by atoms with E-state index < -0.39 is 10.0 Å². The molecule has 2 aromatic rings. The number of piperidine rings is 1. The highest BCUT2D eigenvalue weighted by atomic mass is 35.5. The number of rotatable bonds is 6. The molecule has 8 heteroatoms. The van der Waals surface area contributed by atoms with Gasteiger partial charge in [0.15, 0.2) is 0 Å². The monoisotopic (exact) mass is 468 g/mol. The van der Waals surface area contributed by atoms with Crippen LogP contribution in [0.15, 0.2) is 42.5 Å². The summed E-state index contributed by atoms with van der Waals surface area (Å²) in [6.07, 6.45) is 1.34. The molecule has 1 heterocycles. The van der Waals surface area contributed by atoms with Crippen LogP contribution in [-0.2, 0) is 27.1 Å². The first-order valence-corrected chi connectivity index (χ1v) is 12.2. The van der Waals surface area contributed by atoms with Crippen LogP contribution in [0.4, 0.5) is 0 Å². The van der Waals surface area contributed by atoms with Crippen molar-refractivity contribution in [3.8, 4) is 0 Å². The van der Waals surface area contributed by atoms with Crippen molar-refractivity contribution in [3.05, 3.63) is 69.2 Å². The normalized spacial score (nSPS) is 17.7. The fraction of sp³-hybridized carbons (Fsp3) is 0.409. The first-order valence-electron chi connectivity index (χ1n) is 9.88. The number of amides is 1. The lowest BCUT2D eigenvalue weighted by Crippen LogP contribution is -2.46. The molecule has 0 bridgehead atoms. The van der Waals surface area contributed by atoms with Gasteiger partial charge in [0.1, 0.15) is 0 Å². The summed E-state index contributed by atoms with van der Waals surface area (Å²) in [6, 6.07) is 12.8. The van der Waals surface area contributed by atoms with E-state index >= 15 is 0 Å². The minimum absolute atomic E-state index is 0.0278. The molecule has 0 spiro atoms. The zero-order valence-corrected chi connectivity index (χ0v) is 19.5. The minimum Gasteiger partial charge on any atom is -0.341 e. The maximum absolute atomic E-state index is 13.0. The van der Waals surface area contributed by atoms with Gasteiger partial charge in [-0.3, -0.25) is 4.79 Å². The smallest absolute Gasteiger partial charge is 0.227 e. The summed E-state index contributed by atoms with van der Waals surface area (Å²) in [4.78, 5) is 14.6. The van der Waals surface area contributed by atoms with Crippen LogP contribution in [0.2, 0.25) is 10.0 Å². The van der Waals surface area contributed by atoms with Gasteiger partial charge in [-0.15, -0.1) is 0 Å². The molecule has 2 aromatic carbocycles. The molecule has 1 unspecified atom stereocenters. The molecular weight excluding hydrogens is 443 g/mol. The molecule has 30 heavy (non-hydrogen) atoms. The maximum atomic E-state index is 13.0. The van der Waals surface area contributed by atoms with E-state index in [-0.39, 0.29) is 24.1 Å². The van der Waals surface area contributed by atoms with Crippen molar-refractivity contribution in [1.29, 1.82) is 0 Å². The summed E-state index contributed by atoms with van der Waals surface area (Å²) >= 11 is 12.1. The Labute approximate surface area is 188 Å². The molecule has 0 radical (unpaired) electrons. The van der Waals surface area contributed by atoms with Crippen molar-refractivity contribution in [2.24, 2.45) is 5.92 Å². The van der Waals surface area contributed by atoms with E-state index in [0.717, 1.165) is 5.56 Å². The van der Waals surface area contributed by atoms with Gasteiger partial charge in [-0.1, -0.05) is 59.1 Å². The highest BCUT2D eigenvalue weighted by Crippen LogP contribution is 2.27. The van der Waals surface area contributed by atoms with Gasteiger partial charge in [-0.2, -0.15) is 0 Å². The van der Waals surface area contributed by atoms with E-state index in [1.807, 2.05) is 31.2 Å². The van der Waals surface area contributed by atoms with Crippen LogP contribution in [0.1, 0.15) is 29.5 Å². The second-order valence-corrected chi connectivity index (χ2v) is 10.7. The zero-order chi connectivity index (χ0) is 21.9. The molecule has 1 aliphatic heterocycles. The largest absolute Gasteiger partial charge is 0.341 e. The van der Waals surface area contributed by atoms with Crippen LogP contribution in [0.5, 0.6) is 0 Å². The van der Waals surface area contributed by atoms with Gasteiger partial charge in [0.25, 0.3) is 0 Å². The second kappa shape index (κ2) is 9.69. The number of aryl methyl sites for hydroxylation is 1. The second-order valence-electron chi connectivity index (χ2n) is 7.87. The molecule has 3 rings (SSSR count). The minimum atomic E-state index is -3.59. The van der Waals surface area contributed by atoms with Gasteiger partial charge >= 0.3 is 0 Å². The van der Waals surface area contributed by atoms with Crippen molar-refractivity contribution < 1.29 is 13.2 Å². The Bertz CT molecular complexity index is 1010. The number of nitrogens with zero attached hydrogens (tertiary/aromatic N) is 2. The summed E-state index contributed by atoms with van der Waals surface area (Å²) in [5, 5.41) is 0.787. The lowest BCUT2D eigenvalue weighted by molar-refractivity contribution is -0.135. The van der Waals surface area contributed by atoms with Gasteiger partial charge in [-0.25, -0.2) is 12.7 Å². The van der Waals surface area contributed by atoms with Crippen LogP contribution in [0.25, 0.3) is 0 Å². The third kappa shape index (κ3) is 5.76. The average molecular weight is 469 g/mol. The fourth-order valence-corrected chi connectivity index (χ4v) is 5.88. The van der Waals surface area contributed by atoms with E-state index in [9.17, 15) is 13.2 Å². The van der Waals surface area contributed by atoms with Crippen LogP contribution < -0.4 is 0 Å². The maximum Gasteiger partial charge on any atom is 0.227 e. The molecule has 1 atom stereocenters. The number of sulfonamides is 1. The average Bonchev–Trinajstić information content (AvgIpc) is 2.71. The van der Waals surface area contributed by atoms with E-state index in [1.54, 1.807) is 24.1 Å². The van der Waals surface area contributed by atoms with Gasteiger partial charge < -0.3 is 4.90 Å². The van der Waals surface area contributed by atoms with E-state index in [2.05, 4.69) is 0 Å². The summed E-state index contributed by atoms with van der Waals surface area (Å²) in [5.41, 5.74) is 2.72. The van der Waals surface area contributed by atoms with Crippen LogP contribution in [-0.4, -0.2) is 43.7 Å². The van der Waals surface area contributed by atoms with Gasteiger partial charge in [-0.05, 0) is 43.0 Å². The fourth-order valence-electron chi connectivity index (χ4n) is 3.68. The van der Waals surface area contributed by atoms with E-state index in [1.165, 1.54) is 15.9 Å². The number of benzene rings is 2. The van der Waals surface area contributed by atoms with Gasteiger partial charge in [0, 0.05) is 36.7 Å². The molecule has 5 nitrogen and oxygen atoms in total. The number of carbonyl (C=O) groups is 1. The zero-order valence-electron chi connectivity index (χ0n) is 17.1. The molecule has 1 aliphatic rings. The Morgan fingerprint density at radius 1 is 1.17 bits per heavy atom. The topological polar surface area (TPSA) is 57.7 Å². The Balaban J connectivity index is 1.66. The first kappa shape index (κ1) is 23.1. The third-order valence-electron chi connectivity index (χ3n) is 5.40. The quantitative estimate of drug-likeness (QED) is 0.626. The third-order valence-corrected chi connectivity index (χ3v) is 7.78. The highest BCUT2D eigenvalue weighted by Gasteiger charge is 2.34. The number of carbonyl (C=O) groups excluding carboxylic acids is 1. The van der Waals surface area contributed by atoms with Crippen molar-refractivity contribution >= 4 is 39.1 Å². The van der Waals surface area contributed by atoms with Crippen molar-refractivity contribution in [3.63, 3.8) is 0 Å². The number of halogens is 2. The Morgan fingerprint density at radius 2 is 1.87 bits per heavy atom. The Morgan fingerprint density at radius 3 is 2.53 bits per heavy atom. The standard InChI is InChI=1S/C22H26Cl2N2O3S/c1-16-5-7-17(8-6-16)13-25(2)22(27)18-4-3-11-26(14-18)30(28,29)15-19-9-10-20(23)12-21(19)24/h5-10,12,18H,3-4,11,13-15H2,1-2H3. The summed E-state index contributed by atoms with van der Waals surface area (Å²) in [5.74, 6) is -0.576. The van der Waals surface area contributed by atoms with Crippen LogP contribution in [0, 0.1) is 12.8 Å². The van der Waals surface area contributed by atoms with E-state index in [0.29, 0.717) is 41.5 Å². The van der Waals surface area contributed by atoms with E-state index in [4.69, 9.17) is 23.2 Å². The first-order chi connectivity index (χ1) is 14.2.